The highest BCUT2D eigenvalue weighted by molar-refractivity contribution is 6.07. The fourth-order valence-corrected chi connectivity index (χ4v) is 2.60. The summed E-state index contributed by atoms with van der Waals surface area (Å²) in [5.74, 6) is -0.840. The monoisotopic (exact) mass is 340 g/mol. The molecule has 2 aromatic rings. The number of nitrogens with zero attached hydrogens (tertiary/aromatic N) is 1. The maximum absolute atomic E-state index is 12.1. The SMILES string of the molecule is CC1(c2cccc(NC(=O)Cn3ccccc3=O)c2)NC(=O)NC1=O. The number of pyridine rings is 1. The lowest BCUT2D eigenvalue weighted by Gasteiger charge is -2.21. The van der Waals surface area contributed by atoms with Gasteiger partial charge in [0.2, 0.25) is 5.91 Å². The van der Waals surface area contributed by atoms with Gasteiger partial charge in [0.15, 0.2) is 0 Å². The molecule has 1 saturated heterocycles. The van der Waals surface area contributed by atoms with Gasteiger partial charge in [-0.2, -0.15) is 0 Å². The van der Waals surface area contributed by atoms with Gasteiger partial charge in [-0.1, -0.05) is 18.2 Å². The molecule has 0 spiro atoms. The predicted octanol–water partition coefficient (Wildman–Crippen LogP) is 0.542. The molecule has 1 atom stereocenters. The summed E-state index contributed by atoms with van der Waals surface area (Å²) in [5, 5.41) is 7.44. The summed E-state index contributed by atoms with van der Waals surface area (Å²) in [6.45, 7) is 1.45. The number of hydrogen-bond acceptors (Lipinski definition) is 4. The Labute approximate surface area is 142 Å². The molecule has 4 amide bonds. The van der Waals surface area contributed by atoms with Crippen molar-refractivity contribution in [3.63, 3.8) is 0 Å². The second-order valence-electron chi connectivity index (χ2n) is 5.83. The molecule has 0 aliphatic carbocycles. The van der Waals surface area contributed by atoms with Crippen molar-refractivity contribution in [3.05, 3.63) is 64.6 Å². The standard InChI is InChI=1S/C17H16N4O4/c1-17(15(24)19-16(25)20-17)11-5-4-6-12(9-11)18-13(22)10-21-8-3-2-7-14(21)23/h2-9H,10H2,1H3,(H,18,22)(H2,19,20,24,25). The molecular weight excluding hydrogens is 324 g/mol. The van der Waals surface area contributed by atoms with E-state index in [0.29, 0.717) is 11.3 Å². The second kappa shape index (κ2) is 6.23. The largest absolute Gasteiger partial charge is 0.325 e. The quantitative estimate of drug-likeness (QED) is 0.706. The lowest BCUT2D eigenvalue weighted by atomic mass is 9.92. The smallest absolute Gasteiger partial charge is 0.322 e. The molecule has 8 heteroatoms. The van der Waals surface area contributed by atoms with Crippen LogP contribution in [0.3, 0.4) is 0 Å². The van der Waals surface area contributed by atoms with Crippen molar-refractivity contribution in [1.29, 1.82) is 0 Å². The van der Waals surface area contributed by atoms with E-state index >= 15 is 0 Å². The van der Waals surface area contributed by atoms with Crippen LogP contribution in [0.5, 0.6) is 0 Å². The first-order chi connectivity index (χ1) is 11.9. The number of imide groups is 1. The molecule has 1 unspecified atom stereocenters. The summed E-state index contributed by atoms with van der Waals surface area (Å²) in [6.07, 6.45) is 1.53. The van der Waals surface area contributed by atoms with Crippen LogP contribution >= 0.6 is 0 Å². The topological polar surface area (TPSA) is 109 Å². The molecule has 2 heterocycles. The molecule has 8 nitrogen and oxygen atoms in total. The van der Waals surface area contributed by atoms with E-state index in [4.69, 9.17) is 0 Å². The Bertz CT molecular complexity index is 921. The van der Waals surface area contributed by atoms with Crippen LogP contribution in [0, 0.1) is 0 Å². The highest BCUT2D eigenvalue weighted by Gasteiger charge is 2.43. The molecule has 1 aliphatic rings. The van der Waals surface area contributed by atoms with Crippen molar-refractivity contribution >= 4 is 23.5 Å². The Hall–Kier alpha value is -3.42. The zero-order valence-corrected chi connectivity index (χ0v) is 13.4. The minimum Gasteiger partial charge on any atom is -0.325 e. The first-order valence-electron chi connectivity index (χ1n) is 7.58. The van der Waals surface area contributed by atoms with Crippen molar-refractivity contribution < 1.29 is 14.4 Å². The summed E-state index contributed by atoms with van der Waals surface area (Å²) in [7, 11) is 0. The Morgan fingerprint density at radius 3 is 2.64 bits per heavy atom. The highest BCUT2D eigenvalue weighted by atomic mass is 16.2. The third-order valence-electron chi connectivity index (χ3n) is 3.98. The number of benzene rings is 1. The first kappa shape index (κ1) is 16.4. The molecule has 3 rings (SSSR count). The summed E-state index contributed by atoms with van der Waals surface area (Å²) < 4.78 is 1.28. The lowest BCUT2D eigenvalue weighted by molar-refractivity contribution is -0.123. The van der Waals surface area contributed by atoms with E-state index in [0.717, 1.165) is 0 Å². The van der Waals surface area contributed by atoms with E-state index in [-0.39, 0.29) is 18.0 Å². The van der Waals surface area contributed by atoms with Gasteiger partial charge in [-0.05, 0) is 30.7 Å². The van der Waals surface area contributed by atoms with Crippen LogP contribution in [0.2, 0.25) is 0 Å². The average molecular weight is 340 g/mol. The van der Waals surface area contributed by atoms with E-state index in [9.17, 15) is 19.2 Å². The Morgan fingerprint density at radius 1 is 1.16 bits per heavy atom. The van der Waals surface area contributed by atoms with Crippen molar-refractivity contribution in [2.24, 2.45) is 0 Å². The molecule has 128 valence electrons. The summed E-state index contributed by atoms with van der Waals surface area (Å²) in [5.41, 5.74) is -0.481. The van der Waals surface area contributed by atoms with E-state index in [1.807, 2.05) is 0 Å². The number of carbonyl (C=O) groups is 3. The number of rotatable bonds is 4. The van der Waals surface area contributed by atoms with Crippen LogP contribution in [0.25, 0.3) is 0 Å². The molecule has 1 fully saturated rings. The highest BCUT2D eigenvalue weighted by Crippen LogP contribution is 2.26. The Balaban J connectivity index is 1.77. The number of aromatic nitrogens is 1. The van der Waals surface area contributed by atoms with Gasteiger partial charge < -0.3 is 15.2 Å². The number of urea groups is 1. The number of nitrogens with one attached hydrogen (secondary N) is 3. The zero-order valence-electron chi connectivity index (χ0n) is 13.4. The van der Waals surface area contributed by atoms with E-state index < -0.39 is 17.5 Å². The summed E-state index contributed by atoms with van der Waals surface area (Å²) in [4.78, 5) is 47.2. The number of amides is 4. The summed E-state index contributed by atoms with van der Waals surface area (Å²) in [6, 6.07) is 10.7. The van der Waals surface area contributed by atoms with Crippen molar-refractivity contribution in [3.8, 4) is 0 Å². The van der Waals surface area contributed by atoms with Crippen LogP contribution in [0.4, 0.5) is 10.5 Å². The maximum Gasteiger partial charge on any atom is 0.322 e. The minimum absolute atomic E-state index is 0.127. The number of anilines is 1. The summed E-state index contributed by atoms with van der Waals surface area (Å²) >= 11 is 0. The van der Waals surface area contributed by atoms with Gasteiger partial charge in [0, 0.05) is 18.0 Å². The van der Waals surface area contributed by atoms with Gasteiger partial charge >= 0.3 is 6.03 Å². The van der Waals surface area contributed by atoms with Gasteiger partial charge in [-0.25, -0.2) is 4.79 Å². The van der Waals surface area contributed by atoms with Crippen molar-refractivity contribution in [1.82, 2.24) is 15.2 Å². The van der Waals surface area contributed by atoms with Crippen LogP contribution in [0.1, 0.15) is 12.5 Å². The molecule has 1 aromatic carbocycles. The van der Waals surface area contributed by atoms with Gasteiger partial charge in [0.25, 0.3) is 11.5 Å². The first-order valence-corrected chi connectivity index (χ1v) is 7.58. The second-order valence-corrected chi connectivity index (χ2v) is 5.83. The number of hydrogen-bond donors (Lipinski definition) is 3. The molecule has 0 bridgehead atoms. The van der Waals surface area contributed by atoms with Crippen LogP contribution in [0.15, 0.2) is 53.5 Å². The molecule has 0 saturated carbocycles. The van der Waals surface area contributed by atoms with Gasteiger partial charge in [0.1, 0.15) is 12.1 Å². The Morgan fingerprint density at radius 2 is 1.96 bits per heavy atom. The molecule has 3 N–H and O–H groups in total. The van der Waals surface area contributed by atoms with Crippen molar-refractivity contribution in [2.45, 2.75) is 19.0 Å². The molecule has 1 aromatic heterocycles. The average Bonchev–Trinajstić information content (AvgIpc) is 2.83. The van der Waals surface area contributed by atoms with Crippen molar-refractivity contribution in [2.75, 3.05) is 5.32 Å². The number of carbonyl (C=O) groups excluding carboxylic acids is 3. The molecule has 25 heavy (non-hydrogen) atoms. The predicted molar refractivity (Wildman–Crippen MR) is 89.8 cm³/mol. The van der Waals surface area contributed by atoms with Crippen LogP contribution < -0.4 is 21.5 Å². The van der Waals surface area contributed by atoms with E-state index in [1.165, 1.54) is 16.8 Å². The third-order valence-corrected chi connectivity index (χ3v) is 3.98. The van der Waals surface area contributed by atoms with Crippen LogP contribution in [-0.4, -0.2) is 22.4 Å². The van der Waals surface area contributed by atoms with Gasteiger partial charge in [-0.3, -0.25) is 19.7 Å². The fraction of sp³-hybridized carbons (Fsp3) is 0.176. The third kappa shape index (κ3) is 3.27. The molecular formula is C17H16N4O4. The normalized spacial score (nSPS) is 19.2. The maximum atomic E-state index is 12.1. The minimum atomic E-state index is -1.20. The molecule has 1 aliphatic heterocycles. The molecule has 0 radical (unpaired) electrons. The lowest BCUT2D eigenvalue weighted by Crippen LogP contribution is -2.40. The Kier molecular flexibility index (Phi) is 4.10. The van der Waals surface area contributed by atoms with E-state index in [1.54, 1.807) is 43.3 Å². The zero-order chi connectivity index (χ0) is 18.0. The van der Waals surface area contributed by atoms with Crippen LogP contribution in [-0.2, 0) is 21.7 Å². The fourth-order valence-electron chi connectivity index (χ4n) is 2.60. The van der Waals surface area contributed by atoms with Gasteiger partial charge in [0.05, 0.1) is 0 Å². The van der Waals surface area contributed by atoms with E-state index in [2.05, 4.69) is 16.0 Å². The van der Waals surface area contributed by atoms with Gasteiger partial charge in [-0.15, -0.1) is 0 Å².